The van der Waals surface area contributed by atoms with E-state index in [4.69, 9.17) is 4.42 Å². The number of amides is 1. The number of nitrogens with one attached hydrogen (secondary N) is 3. The van der Waals surface area contributed by atoms with Gasteiger partial charge in [-0.05, 0) is 74.4 Å². The topological polar surface area (TPSA) is 134 Å². The first kappa shape index (κ1) is 29.2. The molecule has 0 aliphatic carbocycles. The van der Waals surface area contributed by atoms with Gasteiger partial charge in [-0.25, -0.2) is 4.21 Å². The van der Waals surface area contributed by atoms with Gasteiger partial charge >= 0.3 is 0 Å². The number of fused-ring (bicyclic) bond motifs is 1. The minimum atomic E-state index is -1.39. The highest BCUT2D eigenvalue weighted by Crippen LogP contribution is 2.22. The minimum Gasteiger partial charge on any atom is -0.426 e. The van der Waals surface area contributed by atoms with Gasteiger partial charge in [-0.2, -0.15) is 0 Å². The first-order valence-corrected chi connectivity index (χ1v) is 14.8. The maximum atomic E-state index is 12.6. The van der Waals surface area contributed by atoms with E-state index in [1.807, 2.05) is 79.0 Å². The molecule has 4 N–H and O–H groups in total. The normalized spacial score (nSPS) is 13.1. The lowest BCUT2D eigenvalue weighted by atomic mass is 9.99. The fourth-order valence-corrected chi connectivity index (χ4v) is 5.43. The van der Waals surface area contributed by atoms with Crippen LogP contribution in [-0.4, -0.2) is 42.1 Å². The third kappa shape index (κ3) is 7.49. The molecule has 0 radical (unpaired) electrons. The second kappa shape index (κ2) is 13.1. The van der Waals surface area contributed by atoms with Crippen molar-refractivity contribution >= 4 is 33.5 Å². The molecule has 3 aromatic carbocycles. The summed E-state index contributed by atoms with van der Waals surface area (Å²) in [6.45, 7) is 5.52. The molecule has 11 heteroatoms. The first-order valence-electron chi connectivity index (χ1n) is 13.7. The van der Waals surface area contributed by atoms with Crippen LogP contribution in [0.1, 0.15) is 48.2 Å². The molecule has 2 heterocycles. The number of carbonyl (C=O) groups is 1. The number of hydrogen-bond acceptors (Lipinski definition) is 7. The van der Waals surface area contributed by atoms with Crippen molar-refractivity contribution < 1.29 is 18.5 Å². The zero-order valence-electron chi connectivity index (χ0n) is 23.5. The number of aliphatic hydroxyl groups is 1. The second-order valence-corrected chi connectivity index (χ2v) is 11.9. The van der Waals surface area contributed by atoms with Crippen molar-refractivity contribution in [2.75, 3.05) is 11.3 Å². The molecule has 5 aromatic rings. The third-order valence-electron chi connectivity index (χ3n) is 7.03. The number of aromatic nitrogens is 3. The Kier molecular flexibility index (Phi) is 9.11. The average molecular weight is 587 g/mol. The number of anilines is 1. The third-order valence-corrected chi connectivity index (χ3v) is 8.15. The molecule has 0 fully saturated rings. The zero-order valence-corrected chi connectivity index (χ0v) is 24.3. The van der Waals surface area contributed by atoms with Crippen LogP contribution in [0.3, 0.4) is 0 Å². The molecule has 0 spiro atoms. The molecule has 10 nitrogen and oxygen atoms in total. The molecule has 2 unspecified atom stereocenters. The van der Waals surface area contributed by atoms with E-state index >= 15 is 0 Å². The molecule has 218 valence electrons. The molecule has 0 saturated heterocycles. The summed E-state index contributed by atoms with van der Waals surface area (Å²) in [6, 6.07) is 24.2. The first-order chi connectivity index (χ1) is 20.3. The van der Waals surface area contributed by atoms with Crippen LogP contribution in [0.25, 0.3) is 10.9 Å². The molecule has 2 atom stereocenters. The van der Waals surface area contributed by atoms with Crippen LogP contribution >= 0.6 is 0 Å². The van der Waals surface area contributed by atoms with Gasteiger partial charge in [-0.15, -0.1) is 10.2 Å². The summed E-state index contributed by atoms with van der Waals surface area (Å²) in [4.78, 5) is 13.2. The lowest BCUT2D eigenvalue weighted by Gasteiger charge is -2.28. The van der Waals surface area contributed by atoms with Crippen molar-refractivity contribution in [1.29, 1.82) is 0 Å². The van der Waals surface area contributed by atoms with Gasteiger partial charge in [0, 0.05) is 47.0 Å². The molecule has 0 aliphatic rings. The van der Waals surface area contributed by atoms with E-state index in [1.165, 1.54) is 6.39 Å². The van der Waals surface area contributed by atoms with E-state index in [0.29, 0.717) is 28.6 Å². The van der Waals surface area contributed by atoms with Crippen molar-refractivity contribution in [2.24, 2.45) is 0 Å². The van der Waals surface area contributed by atoms with Gasteiger partial charge in [0.05, 0.1) is 17.5 Å². The standard InChI is InChI=1S/C31H34N6O4S/c1-31(2,33-19-28(38)23-7-6-8-25(18-23)36-42(40)26-9-4-3-5-10-26)14-16-37-15-13-22-17-24(11-12-27(22)37)30(39)32-20-29-35-34-21-41-29/h3-13,15,17-18,21,28,33,36,38H,14,16,19-20H2,1-2H3,(H,32,39). The van der Waals surface area contributed by atoms with E-state index in [2.05, 4.69) is 44.0 Å². The second-order valence-electron chi connectivity index (χ2n) is 10.6. The van der Waals surface area contributed by atoms with E-state index in [1.54, 1.807) is 6.07 Å². The lowest BCUT2D eigenvalue weighted by Crippen LogP contribution is -2.42. The Balaban J connectivity index is 1.13. The molecular formula is C31H34N6O4S. The Morgan fingerprint density at radius 1 is 1.07 bits per heavy atom. The van der Waals surface area contributed by atoms with Crippen LogP contribution in [0.15, 0.2) is 101 Å². The van der Waals surface area contributed by atoms with Gasteiger partial charge in [0.2, 0.25) is 12.3 Å². The van der Waals surface area contributed by atoms with E-state index < -0.39 is 17.1 Å². The Hall–Kier alpha value is -4.32. The van der Waals surface area contributed by atoms with Crippen LogP contribution in [-0.2, 0) is 24.1 Å². The quantitative estimate of drug-likeness (QED) is 0.159. The van der Waals surface area contributed by atoms with E-state index in [-0.39, 0.29) is 18.0 Å². The monoisotopic (exact) mass is 586 g/mol. The highest BCUT2D eigenvalue weighted by Gasteiger charge is 2.20. The summed E-state index contributed by atoms with van der Waals surface area (Å²) >= 11 is 0. The lowest BCUT2D eigenvalue weighted by molar-refractivity contribution is 0.0947. The molecule has 1 amide bonds. The van der Waals surface area contributed by atoms with Crippen molar-refractivity contribution in [3.63, 3.8) is 0 Å². The molecular weight excluding hydrogens is 552 g/mol. The number of aliphatic hydroxyl groups excluding tert-OH is 1. The summed E-state index contributed by atoms with van der Waals surface area (Å²) in [5.74, 6) is 0.138. The molecule has 0 aliphatic heterocycles. The van der Waals surface area contributed by atoms with E-state index in [0.717, 1.165) is 29.4 Å². The fraction of sp³-hybridized carbons (Fsp3) is 0.258. The summed E-state index contributed by atoms with van der Waals surface area (Å²) in [6.07, 6.45) is 3.33. The van der Waals surface area contributed by atoms with Crippen LogP contribution in [0.4, 0.5) is 5.69 Å². The van der Waals surface area contributed by atoms with Gasteiger partial charge in [0.25, 0.3) is 5.91 Å². The SMILES string of the molecule is CC(C)(CCn1ccc2cc(C(=O)NCc3nnco3)ccc21)NCC(O)c1cccc(NS(=O)c2ccccc2)c1. The summed E-state index contributed by atoms with van der Waals surface area (Å²) in [5.41, 5.74) is 2.76. The predicted octanol–water partition coefficient (Wildman–Crippen LogP) is 4.58. The number of hydrogen-bond donors (Lipinski definition) is 4. The van der Waals surface area contributed by atoms with Gasteiger partial charge in [-0.1, -0.05) is 30.3 Å². The molecule has 5 rings (SSSR count). The maximum absolute atomic E-state index is 12.6. The molecule has 0 saturated carbocycles. The fourth-order valence-electron chi connectivity index (χ4n) is 4.57. The smallest absolute Gasteiger partial charge is 0.251 e. The van der Waals surface area contributed by atoms with Gasteiger partial charge < -0.3 is 29.4 Å². The number of nitrogens with zero attached hydrogens (tertiary/aromatic N) is 3. The van der Waals surface area contributed by atoms with Crippen molar-refractivity contribution in [2.45, 2.75) is 49.9 Å². The molecule has 42 heavy (non-hydrogen) atoms. The number of carbonyl (C=O) groups excluding carboxylic acids is 1. The van der Waals surface area contributed by atoms with Crippen molar-refractivity contribution in [3.05, 3.63) is 108 Å². The van der Waals surface area contributed by atoms with Crippen LogP contribution in [0.2, 0.25) is 0 Å². The largest absolute Gasteiger partial charge is 0.426 e. The highest BCUT2D eigenvalue weighted by molar-refractivity contribution is 7.86. The van der Waals surface area contributed by atoms with E-state index in [9.17, 15) is 14.1 Å². The number of benzene rings is 3. The van der Waals surface area contributed by atoms with Crippen molar-refractivity contribution in [1.82, 2.24) is 25.4 Å². The zero-order chi connectivity index (χ0) is 29.5. The Bertz CT molecular complexity index is 1650. The molecule has 0 bridgehead atoms. The number of β-amino-alcohol motifs (C(OH)–C–C–N with tert-alkyl or cyclic N) is 1. The summed E-state index contributed by atoms with van der Waals surface area (Å²) in [5, 5.41) is 25.5. The van der Waals surface area contributed by atoms with Gasteiger partial charge in [0.1, 0.15) is 11.0 Å². The summed E-state index contributed by atoms with van der Waals surface area (Å²) in [7, 11) is -1.39. The van der Waals surface area contributed by atoms with Crippen molar-refractivity contribution in [3.8, 4) is 0 Å². The highest BCUT2D eigenvalue weighted by atomic mass is 32.2. The van der Waals surface area contributed by atoms with Gasteiger partial charge in [-0.3, -0.25) is 4.79 Å². The predicted molar refractivity (Wildman–Crippen MR) is 162 cm³/mol. The van der Waals surface area contributed by atoms with Crippen LogP contribution < -0.4 is 15.4 Å². The molecule has 2 aromatic heterocycles. The average Bonchev–Trinajstić information content (AvgIpc) is 3.68. The Morgan fingerprint density at radius 2 is 1.90 bits per heavy atom. The number of aryl methyl sites for hydroxylation is 1. The van der Waals surface area contributed by atoms with Crippen LogP contribution in [0.5, 0.6) is 0 Å². The number of rotatable bonds is 13. The van der Waals surface area contributed by atoms with Gasteiger partial charge in [0.15, 0.2) is 0 Å². The minimum absolute atomic E-state index is 0.173. The summed E-state index contributed by atoms with van der Waals surface area (Å²) < 4.78 is 22.8. The van der Waals surface area contributed by atoms with Crippen LogP contribution in [0, 0.1) is 0 Å². The Morgan fingerprint density at radius 3 is 2.69 bits per heavy atom. The maximum Gasteiger partial charge on any atom is 0.251 e. The Labute approximate surface area is 246 Å².